The summed E-state index contributed by atoms with van der Waals surface area (Å²) in [7, 11) is -2.73. The summed E-state index contributed by atoms with van der Waals surface area (Å²) in [6, 6.07) is 0.749. The van der Waals surface area contributed by atoms with E-state index in [1.54, 1.807) is 0 Å². The first-order valence-electron chi connectivity index (χ1n) is 5.25. The minimum absolute atomic E-state index is 0.275. The van der Waals surface area contributed by atoms with Crippen LogP contribution in [0.25, 0.3) is 0 Å². The van der Waals surface area contributed by atoms with Crippen molar-refractivity contribution < 1.29 is 8.42 Å². The molecule has 2 fully saturated rings. The fourth-order valence-corrected chi connectivity index (χ4v) is 4.18. The average molecular weight is 218 g/mol. The van der Waals surface area contributed by atoms with E-state index < -0.39 is 9.84 Å². The van der Waals surface area contributed by atoms with Gasteiger partial charge in [-0.05, 0) is 13.3 Å². The second-order valence-corrected chi connectivity index (χ2v) is 6.58. The molecule has 2 saturated heterocycles. The molecule has 0 spiro atoms. The highest BCUT2D eigenvalue weighted by atomic mass is 32.2. The van der Waals surface area contributed by atoms with Crippen molar-refractivity contribution in [2.24, 2.45) is 0 Å². The van der Waals surface area contributed by atoms with Crippen molar-refractivity contribution in [3.63, 3.8) is 0 Å². The van der Waals surface area contributed by atoms with Gasteiger partial charge in [0.05, 0.1) is 11.5 Å². The van der Waals surface area contributed by atoms with Gasteiger partial charge in [-0.1, -0.05) is 0 Å². The summed E-state index contributed by atoms with van der Waals surface area (Å²) >= 11 is 0. The molecule has 14 heavy (non-hydrogen) atoms. The van der Waals surface area contributed by atoms with Crippen molar-refractivity contribution in [3.05, 3.63) is 0 Å². The standard InChI is InChI=1S/C9H18N2O2S/c1-8-6-10-3-4-11(8)9-2-5-14(12,13)7-9/h8-10H,2-7H2,1H3/t8-,9?/m1/s1. The van der Waals surface area contributed by atoms with E-state index in [9.17, 15) is 8.42 Å². The molecule has 0 aliphatic carbocycles. The van der Waals surface area contributed by atoms with Gasteiger partial charge in [0.15, 0.2) is 9.84 Å². The van der Waals surface area contributed by atoms with Crippen molar-refractivity contribution in [1.29, 1.82) is 0 Å². The van der Waals surface area contributed by atoms with E-state index in [1.807, 2.05) is 0 Å². The molecule has 5 heteroatoms. The number of piperazine rings is 1. The Balaban J connectivity index is 2.01. The van der Waals surface area contributed by atoms with E-state index >= 15 is 0 Å². The fraction of sp³-hybridized carbons (Fsp3) is 1.00. The molecule has 2 aliphatic heterocycles. The summed E-state index contributed by atoms with van der Waals surface area (Å²) < 4.78 is 22.7. The number of nitrogens with one attached hydrogen (secondary N) is 1. The van der Waals surface area contributed by atoms with E-state index in [0.29, 0.717) is 17.5 Å². The molecule has 0 aromatic carbocycles. The Labute approximate surface area is 85.6 Å². The number of rotatable bonds is 1. The minimum atomic E-state index is -2.73. The van der Waals surface area contributed by atoms with Crippen LogP contribution in [0, 0.1) is 0 Å². The summed E-state index contributed by atoms with van der Waals surface area (Å²) in [5, 5.41) is 3.32. The summed E-state index contributed by atoms with van der Waals surface area (Å²) in [5.41, 5.74) is 0. The van der Waals surface area contributed by atoms with Crippen LogP contribution in [0.5, 0.6) is 0 Å². The quantitative estimate of drug-likeness (QED) is 0.642. The molecule has 0 bridgehead atoms. The maximum atomic E-state index is 11.3. The van der Waals surface area contributed by atoms with Gasteiger partial charge in [-0.15, -0.1) is 0 Å². The molecule has 2 heterocycles. The molecule has 0 aromatic heterocycles. The molecule has 2 rings (SSSR count). The number of hydrogen-bond acceptors (Lipinski definition) is 4. The molecular weight excluding hydrogens is 200 g/mol. The van der Waals surface area contributed by atoms with E-state index in [-0.39, 0.29) is 6.04 Å². The van der Waals surface area contributed by atoms with Gasteiger partial charge in [0.25, 0.3) is 0 Å². The Bertz CT molecular complexity index is 302. The van der Waals surface area contributed by atoms with Crippen molar-refractivity contribution in [3.8, 4) is 0 Å². The molecule has 0 aromatic rings. The Morgan fingerprint density at radius 3 is 2.79 bits per heavy atom. The predicted molar refractivity (Wildman–Crippen MR) is 56.1 cm³/mol. The van der Waals surface area contributed by atoms with Gasteiger partial charge in [-0.25, -0.2) is 8.42 Å². The van der Waals surface area contributed by atoms with Gasteiger partial charge in [0.2, 0.25) is 0 Å². The molecule has 1 N–H and O–H groups in total. The zero-order valence-electron chi connectivity index (χ0n) is 8.57. The van der Waals surface area contributed by atoms with Crippen LogP contribution < -0.4 is 5.32 Å². The van der Waals surface area contributed by atoms with Gasteiger partial charge < -0.3 is 5.32 Å². The molecule has 4 nitrogen and oxygen atoms in total. The Morgan fingerprint density at radius 2 is 2.21 bits per heavy atom. The zero-order chi connectivity index (χ0) is 10.2. The van der Waals surface area contributed by atoms with Gasteiger partial charge in [0.1, 0.15) is 0 Å². The molecular formula is C9H18N2O2S. The van der Waals surface area contributed by atoms with Crippen molar-refractivity contribution in [2.45, 2.75) is 25.4 Å². The summed E-state index contributed by atoms with van der Waals surface area (Å²) in [6.45, 7) is 5.12. The lowest BCUT2D eigenvalue weighted by Crippen LogP contribution is -2.54. The highest BCUT2D eigenvalue weighted by Gasteiger charge is 2.34. The van der Waals surface area contributed by atoms with Gasteiger partial charge in [-0.2, -0.15) is 0 Å². The molecule has 2 atom stereocenters. The highest BCUT2D eigenvalue weighted by molar-refractivity contribution is 7.91. The normalized spacial score (nSPS) is 38.6. The van der Waals surface area contributed by atoms with E-state index in [4.69, 9.17) is 0 Å². The van der Waals surface area contributed by atoms with Crippen LogP contribution in [-0.2, 0) is 9.84 Å². The Kier molecular flexibility index (Phi) is 2.81. The van der Waals surface area contributed by atoms with Crippen LogP contribution in [0.4, 0.5) is 0 Å². The van der Waals surface area contributed by atoms with Crippen molar-refractivity contribution in [2.75, 3.05) is 31.1 Å². The Hall–Kier alpha value is -0.130. The Morgan fingerprint density at radius 1 is 1.43 bits per heavy atom. The smallest absolute Gasteiger partial charge is 0.151 e. The lowest BCUT2D eigenvalue weighted by molar-refractivity contribution is 0.129. The van der Waals surface area contributed by atoms with Gasteiger partial charge in [0, 0.05) is 31.7 Å². The van der Waals surface area contributed by atoms with E-state index in [1.165, 1.54) is 0 Å². The zero-order valence-corrected chi connectivity index (χ0v) is 9.39. The van der Waals surface area contributed by atoms with Crippen LogP contribution in [0.2, 0.25) is 0 Å². The second kappa shape index (κ2) is 3.79. The first-order valence-corrected chi connectivity index (χ1v) is 7.07. The average Bonchev–Trinajstić information content (AvgIpc) is 2.47. The molecule has 2 aliphatic rings. The number of hydrogen-bond donors (Lipinski definition) is 1. The largest absolute Gasteiger partial charge is 0.314 e. The van der Waals surface area contributed by atoms with E-state index in [0.717, 1.165) is 26.1 Å². The van der Waals surface area contributed by atoms with Crippen molar-refractivity contribution in [1.82, 2.24) is 10.2 Å². The fourth-order valence-electron chi connectivity index (χ4n) is 2.44. The molecule has 82 valence electrons. The maximum Gasteiger partial charge on any atom is 0.151 e. The summed E-state index contributed by atoms with van der Waals surface area (Å²) in [4.78, 5) is 2.35. The molecule has 0 amide bonds. The van der Waals surface area contributed by atoms with Crippen LogP contribution in [0.1, 0.15) is 13.3 Å². The first kappa shape index (κ1) is 10.4. The molecule has 1 unspecified atom stereocenters. The third-order valence-corrected chi connectivity index (χ3v) is 4.98. The van der Waals surface area contributed by atoms with Gasteiger partial charge >= 0.3 is 0 Å². The molecule has 0 radical (unpaired) electrons. The van der Waals surface area contributed by atoms with Crippen LogP contribution >= 0.6 is 0 Å². The minimum Gasteiger partial charge on any atom is -0.314 e. The predicted octanol–water partition coefficient (Wildman–Crippen LogP) is -0.533. The third kappa shape index (κ3) is 2.10. The monoisotopic (exact) mass is 218 g/mol. The number of nitrogens with zero attached hydrogens (tertiary/aromatic N) is 1. The number of sulfone groups is 1. The van der Waals surface area contributed by atoms with Gasteiger partial charge in [-0.3, -0.25) is 4.90 Å². The van der Waals surface area contributed by atoms with E-state index in [2.05, 4.69) is 17.1 Å². The summed E-state index contributed by atoms with van der Waals surface area (Å²) in [5.74, 6) is 0.756. The lowest BCUT2D eigenvalue weighted by atomic mass is 10.1. The van der Waals surface area contributed by atoms with Crippen LogP contribution in [0.3, 0.4) is 0 Å². The summed E-state index contributed by atoms with van der Waals surface area (Å²) in [6.07, 6.45) is 0.826. The topological polar surface area (TPSA) is 49.4 Å². The highest BCUT2D eigenvalue weighted by Crippen LogP contribution is 2.20. The maximum absolute atomic E-state index is 11.3. The van der Waals surface area contributed by atoms with Crippen LogP contribution in [0.15, 0.2) is 0 Å². The third-order valence-electron chi connectivity index (χ3n) is 3.23. The molecule has 0 saturated carbocycles. The van der Waals surface area contributed by atoms with Crippen LogP contribution in [-0.4, -0.2) is 56.5 Å². The lowest BCUT2D eigenvalue weighted by Gasteiger charge is -2.37. The SMILES string of the molecule is C[C@@H]1CNCCN1C1CCS(=O)(=O)C1. The first-order chi connectivity index (χ1) is 6.58. The second-order valence-electron chi connectivity index (χ2n) is 4.35. The van der Waals surface area contributed by atoms with Crippen molar-refractivity contribution >= 4 is 9.84 Å².